The zero-order valence-corrected chi connectivity index (χ0v) is 9.36. The van der Waals surface area contributed by atoms with Crippen LogP contribution in [-0.4, -0.2) is 13.0 Å². The normalized spacial score (nSPS) is 27.0. The summed E-state index contributed by atoms with van der Waals surface area (Å²) in [5.41, 5.74) is 2.26. The molecule has 0 saturated carbocycles. The van der Waals surface area contributed by atoms with Crippen molar-refractivity contribution < 1.29 is 9.53 Å². The molecular weight excluding hydrogens is 202 g/mol. The molecule has 2 heterocycles. The van der Waals surface area contributed by atoms with Gasteiger partial charge in [-0.3, -0.25) is 4.79 Å². The predicted molar refractivity (Wildman–Crippen MR) is 61.0 cm³/mol. The van der Waals surface area contributed by atoms with Gasteiger partial charge >= 0.3 is 0 Å². The zero-order chi connectivity index (χ0) is 11.3. The number of benzene rings is 1. The van der Waals surface area contributed by atoms with Gasteiger partial charge in [0.05, 0.1) is 11.9 Å². The second-order valence-corrected chi connectivity index (χ2v) is 4.47. The van der Waals surface area contributed by atoms with E-state index in [1.165, 1.54) is 0 Å². The fourth-order valence-corrected chi connectivity index (χ4v) is 2.57. The predicted octanol–water partition coefficient (Wildman–Crippen LogP) is 2.18. The third kappa shape index (κ3) is 0.953. The topological polar surface area (TPSA) is 29.5 Å². The van der Waals surface area contributed by atoms with E-state index in [4.69, 9.17) is 4.74 Å². The maximum atomic E-state index is 12.3. The summed E-state index contributed by atoms with van der Waals surface area (Å²) in [5.74, 6) is 0.0294. The van der Waals surface area contributed by atoms with E-state index in [1.54, 1.807) is 18.2 Å². The molecule has 0 N–H and O–H groups in total. The standard InChI is InChI=1S/C13H13NO2/c1-9-7-13(16-8-9)10-5-3-4-6-11(10)14(2)12(13)15/h3-6,8H,7H2,1-2H3/t13-/m1/s1. The van der Waals surface area contributed by atoms with Crippen LogP contribution in [0.5, 0.6) is 0 Å². The van der Waals surface area contributed by atoms with Crippen LogP contribution in [0.1, 0.15) is 18.9 Å². The van der Waals surface area contributed by atoms with Gasteiger partial charge in [-0.05, 0) is 18.6 Å². The van der Waals surface area contributed by atoms with Crippen molar-refractivity contribution in [1.82, 2.24) is 0 Å². The first kappa shape index (κ1) is 9.46. The lowest BCUT2D eigenvalue weighted by Crippen LogP contribution is -2.38. The number of amides is 1. The van der Waals surface area contributed by atoms with Crippen molar-refractivity contribution in [2.24, 2.45) is 0 Å². The second-order valence-electron chi connectivity index (χ2n) is 4.47. The van der Waals surface area contributed by atoms with Crippen LogP contribution in [0.2, 0.25) is 0 Å². The molecule has 16 heavy (non-hydrogen) atoms. The molecule has 3 nitrogen and oxygen atoms in total. The maximum Gasteiger partial charge on any atom is 0.276 e. The van der Waals surface area contributed by atoms with E-state index >= 15 is 0 Å². The summed E-state index contributed by atoms with van der Waals surface area (Å²) in [5, 5.41) is 0. The van der Waals surface area contributed by atoms with Gasteiger partial charge in [0.2, 0.25) is 5.60 Å². The summed E-state index contributed by atoms with van der Waals surface area (Å²) in [6.07, 6.45) is 2.36. The smallest absolute Gasteiger partial charge is 0.276 e. The third-order valence-electron chi connectivity index (χ3n) is 3.34. The first-order valence-electron chi connectivity index (χ1n) is 5.36. The van der Waals surface area contributed by atoms with E-state index in [9.17, 15) is 4.79 Å². The SMILES string of the molecule is CC1=CO[C@@]2(C1)C(=O)N(C)c1ccccc12. The highest BCUT2D eigenvalue weighted by Gasteiger charge is 2.53. The van der Waals surface area contributed by atoms with Gasteiger partial charge in [0, 0.05) is 19.0 Å². The summed E-state index contributed by atoms with van der Waals surface area (Å²) in [7, 11) is 1.80. The van der Waals surface area contributed by atoms with Crippen molar-refractivity contribution >= 4 is 11.6 Å². The molecule has 0 aromatic heterocycles. The van der Waals surface area contributed by atoms with Crippen molar-refractivity contribution in [2.75, 3.05) is 11.9 Å². The number of hydrogen-bond donors (Lipinski definition) is 0. The first-order valence-corrected chi connectivity index (χ1v) is 5.36. The maximum absolute atomic E-state index is 12.3. The Kier molecular flexibility index (Phi) is 1.70. The van der Waals surface area contributed by atoms with Crippen molar-refractivity contribution in [2.45, 2.75) is 18.9 Å². The molecule has 1 spiro atoms. The van der Waals surface area contributed by atoms with Gasteiger partial charge in [0.25, 0.3) is 5.91 Å². The average molecular weight is 215 g/mol. The molecule has 1 amide bonds. The molecule has 0 aliphatic carbocycles. The largest absolute Gasteiger partial charge is 0.480 e. The minimum absolute atomic E-state index is 0.0294. The number of likely N-dealkylation sites (N-methyl/N-ethyl adjacent to an activating group) is 1. The summed E-state index contributed by atoms with van der Waals surface area (Å²) < 4.78 is 5.67. The fraction of sp³-hybridized carbons (Fsp3) is 0.308. The molecule has 0 unspecified atom stereocenters. The molecule has 1 aromatic rings. The van der Waals surface area contributed by atoms with Gasteiger partial charge in [-0.1, -0.05) is 18.2 Å². The van der Waals surface area contributed by atoms with E-state index in [0.29, 0.717) is 6.42 Å². The highest BCUT2D eigenvalue weighted by atomic mass is 16.5. The van der Waals surface area contributed by atoms with E-state index in [1.807, 2.05) is 31.2 Å². The average Bonchev–Trinajstić information content (AvgIpc) is 2.78. The zero-order valence-electron chi connectivity index (χ0n) is 9.36. The highest BCUT2D eigenvalue weighted by molar-refractivity contribution is 6.07. The molecule has 2 aliphatic heterocycles. The van der Waals surface area contributed by atoms with Crippen LogP contribution in [0.25, 0.3) is 0 Å². The number of rotatable bonds is 0. The number of ether oxygens (including phenoxy) is 1. The quantitative estimate of drug-likeness (QED) is 0.664. The van der Waals surface area contributed by atoms with Crippen LogP contribution in [0.15, 0.2) is 36.1 Å². The summed E-state index contributed by atoms with van der Waals surface area (Å²) >= 11 is 0. The Bertz CT molecular complexity index is 506. The third-order valence-corrected chi connectivity index (χ3v) is 3.34. The minimum Gasteiger partial charge on any atom is -0.480 e. The molecule has 0 fully saturated rings. The van der Waals surface area contributed by atoms with E-state index < -0.39 is 5.60 Å². The molecule has 82 valence electrons. The molecule has 0 radical (unpaired) electrons. The summed E-state index contributed by atoms with van der Waals surface area (Å²) in [6.45, 7) is 1.99. The van der Waals surface area contributed by atoms with E-state index in [-0.39, 0.29) is 5.91 Å². The van der Waals surface area contributed by atoms with Crippen molar-refractivity contribution in [3.05, 3.63) is 41.7 Å². The Balaban J connectivity index is 2.19. The van der Waals surface area contributed by atoms with Gasteiger partial charge in [-0.25, -0.2) is 0 Å². The number of hydrogen-bond acceptors (Lipinski definition) is 2. The molecular formula is C13H13NO2. The minimum atomic E-state index is -0.782. The van der Waals surface area contributed by atoms with Gasteiger partial charge in [0.1, 0.15) is 0 Å². The molecule has 0 bridgehead atoms. The first-order chi connectivity index (χ1) is 7.65. The lowest BCUT2D eigenvalue weighted by molar-refractivity contribution is -0.134. The van der Waals surface area contributed by atoms with Gasteiger partial charge in [-0.15, -0.1) is 0 Å². The Morgan fingerprint density at radius 1 is 1.38 bits per heavy atom. The lowest BCUT2D eigenvalue weighted by Gasteiger charge is -2.22. The van der Waals surface area contributed by atoms with Gasteiger partial charge < -0.3 is 9.64 Å². The van der Waals surface area contributed by atoms with E-state index in [0.717, 1.165) is 16.8 Å². The number of anilines is 1. The molecule has 1 atom stereocenters. The molecule has 3 heteroatoms. The number of nitrogens with zero attached hydrogens (tertiary/aromatic N) is 1. The van der Waals surface area contributed by atoms with Gasteiger partial charge in [-0.2, -0.15) is 0 Å². The monoisotopic (exact) mass is 215 g/mol. The number of para-hydroxylation sites is 1. The lowest BCUT2D eigenvalue weighted by atomic mass is 9.90. The Morgan fingerprint density at radius 2 is 2.12 bits per heavy atom. The molecule has 0 saturated heterocycles. The van der Waals surface area contributed by atoms with Crippen LogP contribution in [0, 0.1) is 0 Å². The molecule has 2 aliphatic rings. The Labute approximate surface area is 94.3 Å². The number of carbonyl (C=O) groups is 1. The highest BCUT2D eigenvalue weighted by Crippen LogP contribution is 2.48. The van der Waals surface area contributed by atoms with E-state index in [2.05, 4.69) is 0 Å². The fourth-order valence-electron chi connectivity index (χ4n) is 2.57. The van der Waals surface area contributed by atoms with Crippen LogP contribution >= 0.6 is 0 Å². The van der Waals surface area contributed by atoms with Gasteiger partial charge in [0.15, 0.2) is 0 Å². The second kappa shape index (κ2) is 2.88. The van der Waals surface area contributed by atoms with Crippen LogP contribution in [-0.2, 0) is 15.1 Å². The summed E-state index contributed by atoms with van der Waals surface area (Å²) in [6, 6.07) is 7.82. The van der Waals surface area contributed by atoms with Crippen molar-refractivity contribution in [3.63, 3.8) is 0 Å². The van der Waals surface area contributed by atoms with Crippen molar-refractivity contribution in [3.8, 4) is 0 Å². The van der Waals surface area contributed by atoms with Crippen LogP contribution in [0.3, 0.4) is 0 Å². The number of carbonyl (C=O) groups excluding carboxylic acids is 1. The summed E-state index contributed by atoms with van der Waals surface area (Å²) in [4.78, 5) is 14.0. The molecule has 3 rings (SSSR count). The van der Waals surface area contributed by atoms with Crippen LogP contribution in [0.4, 0.5) is 5.69 Å². The Morgan fingerprint density at radius 3 is 2.81 bits per heavy atom. The van der Waals surface area contributed by atoms with Crippen LogP contribution < -0.4 is 4.90 Å². The molecule has 1 aromatic carbocycles. The number of fused-ring (bicyclic) bond motifs is 2. The Hall–Kier alpha value is -1.77. The van der Waals surface area contributed by atoms with Crippen molar-refractivity contribution in [1.29, 1.82) is 0 Å².